The molecule has 0 fully saturated rings. The molecule has 0 heterocycles. The molecule has 0 aliphatic carbocycles. The Hall–Kier alpha value is -2.62. The van der Waals surface area contributed by atoms with Gasteiger partial charge < -0.3 is 10.1 Å². The molecule has 1 atom stereocenters. The zero-order valence-corrected chi connectivity index (χ0v) is 13.6. The van der Waals surface area contributed by atoms with E-state index in [9.17, 15) is 9.59 Å². The van der Waals surface area contributed by atoms with Crippen LogP contribution in [0.15, 0.2) is 48.5 Å². The Bertz CT molecular complexity index is 692. The predicted molar refractivity (Wildman–Crippen MR) is 89.2 cm³/mol. The maximum absolute atomic E-state index is 12.0. The molecule has 2 aromatic carbocycles. The molecule has 4 heteroatoms. The first-order valence-corrected chi connectivity index (χ1v) is 7.56. The second kappa shape index (κ2) is 7.58. The van der Waals surface area contributed by atoms with Crippen molar-refractivity contribution in [3.63, 3.8) is 0 Å². The number of hydrogen-bond donors (Lipinski definition) is 1. The zero-order valence-electron chi connectivity index (χ0n) is 13.6. The number of nitrogens with one attached hydrogen (secondary N) is 1. The summed E-state index contributed by atoms with van der Waals surface area (Å²) < 4.78 is 5.08. The molecule has 0 saturated carbocycles. The molecular weight excluding hydrogens is 290 g/mol. The summed E-state index contributed by atoms with van der Waals surface area (Å²) in [5.41, 5.74) is 3.48. The number of carbonyl (C=O) groups excluding carboxylic acids is 2. The molecule has 4 nitrogen and oxygen atoms in total. The third-order valence-electron chi connectivity index (χ3n) is 3.65. The van der Waals surface area contributed by atoms with Crippen molar-refractivity contribution in [2.75, 3.05) is 6.61 Å². The van der Waals surface area contributed by atoms with Crippen LogP contribution in [0.25, 0.3) is 0 Å². The number of aryl methyl sites for hydroxylation is 2. The van der Waals surface area contributed by atoms with Crippen LogP contribution in [0.3, 0.4) is 0 Å². The van der Waals surface area contributed by atoms with Crippen LogP contribution in [0.1, 0.15) is 40.0 Å². The third-order valence-corrected chi connectivity index (χ3v) is 3.65. The monoisotopic (exact) mass is 311 g/mol. The fourth-order valence-electron chi connectivity index (χ4n) is 2.23. The van der Waals surface area contributed by atoms with Crippen molar-refractivity contribution in [3.05, 3.63) is 70.8 Å². The minimum absolute atomic E-state index is 0.139. The molecule has 0 radical (unpaired) electrons. The average Bonchev–Trinajstić information content (AvgIpc) is 2.53. The summed E-state index contributed by atoms with van der Waals surface area (Å²) in [6.07, 6.45) is 0. The highest BCUT2D eigenvalue weighted by molar-refractivity contribution is 5.92. The van der Waals surface area contributed by atoms with E-state index in [0.717, 1.165) is 11.1 Å². The molecule has 0 aromatic heterocycles. The van der Waals surface area contributed by atoms with Crippen LogP contribution in [0.5, 0.6) is 0 Å². The summed E-state index contributed by atoms with van der Waals surface area (Å²) in [6, 6.07) is 14.9. The largest absolute Gasteiger partial charge is 0.452 e. The topological polar surface area (TPSA) is 55.4 Å². The summed E-state index contributed by atoms with van der Waals surface area (Å²) >= 11 is 0. The van der Waals surface area contributed by atoms with Gasteiger partial charge in [-0.2, -0.15) is 0 Å². The number of benzene rings is 2. The lowest BCUT2D eigenvalue weighted by atomic mass is 10.1. The molecule has 0 bridgehead atoms. The molecule has 23 heavy (non-hydrogen) atoms. The lowest BCUT2D eigenvalue weighted by molar-refractivity contribution is -0.124. The fraction of sp³-hybridized carbons (Fsp3) is 0.263. The maximum Gasteiger partial charge on any atom is 0.338 e. The summed E-state index contributed by atoms with van der Waals surface area (Å²) in [5.74, 6) is -0.804. The fourth-order valence-corrected chi connectivity index (χ4v) is 2.23. The molecule has 2 aromatic rings. The van der Waals surface area contributed by atoms with E-state index in [-0.39, 0.29) is 18.6 Å². The number of ether oxygens (including phenoxy) is 1. The van der Waals surface area contributed by atoms with Crippen molar-refractivity contribution in [1.82, 2.24) is 5.32 Å². The van der Waals surface area contributed by atoms with Gasteiger partial charge in [0.2, 0.25) is 0 Å². The van der Waals surface area contributed by atoms with Gasteiger partial charge in [-0.25, -0.2) is 4.79 Å². The van der Waals surface area contributed by atoms with Crippen LogP contribution in [-0.4, -0.2) is 18.5 Å². The van der Waals surface area contributed by atoms with Crippen LogP contribution in [-0.2, 0) is 9.53 Å². The van der Waals surface area contributed by atoms with Gasteiger partial charge in [-0.3, -0.25) is 4.79 Å². The minimum Gasteiger partial charge on any atom is -0.452 e. The summed E-state index contributed by atoms with van der Waals surface area (Å²) in [4.78, 5) is 23.9. The smallest absolute Gasteiger partial charge is 0.338 e. The predicted octanol–water partition coefficient (Wildman–Crippen LogP) is 3.34. The van der Waals surface area contributed by atoms with E-state index in [2.05, 4.69) is 5.32 Å². The second-order valence-corrected chi connectivity index (χ2v) is 5.59. The molecule has 1 unspecified atom stereocenters. The molecule has 0 saturated heterocycles. The summed E-state index contributed by atoms with van der Waals surface area (Å²) in [7, 11) is 0. The second-order valence-electron chi connectivity index (χ2n) is 5.59. The quantitative estimate of drug-likeness (QED) is 0.862. The standard InChI is InChI=1S/C19H21NO3/c1-13-8-10-16(11-9-13)15(3)20-18(21)12-23-19(22)17-7-5-4-6-14(17)2/h4-11,15H,12H2,1-3H3,(H,20,21). The number of esters is 1. The van der Waals surface area contributed by atoms with Crippen LogP contribution in [0, 0.1) is 13.8 Å². The van der Waals surface area contributed by atoms with Gasteiger partial charge in [0.25, 0.3) is 5.91 Å². The van der Waals surface area contributed by atoms with Crippen molar-refractivity contribution in [2.24, 2.45) is 0 Å². The van der Waals surface area contributed by atoms with E-state index in [1.165, 1.54) is 5.56 Å². The van der Waals surface area contributed by atoms with E-state index in [1.54, 1.807) is 12.1 Å². The van der Waals surface area contributed by atoms with Gasteiger partial charge in [0.05, 0.1) is 11.6 Å². The van der Waals surface area contributed by atoms with Gasteiger partial charge in [-0.1, -0.05) is 48.0 Å². The van der Waals surface area contributed by atoms with Crippen molar-refractivity contribution in [3.8, 4) is 0 Å². The summed E-state index contributed by atoms with van der Waals surface area (Å²) in [6.45, 7) is 5.45. The van der Waals surface area contributed by atoms with Crippen LogP contribution in [0.2, 0.25) is 0 Å². The van der Waals surface area contributed by atoms with Crippen LogP contribution < -0.4 is 5.32 Å². The molecule has 0 aliphatic rings. The van der Waals surface area contributed by atoms with E-state index in [0.29, 0.717) is 5.56 Å². The van der Waals surface area contributed by atoms with Crippen LogP contribution >= 0.6 is 0 Å². The molecule has 0 aliphatic heterocycles. The van der Waals surface area contributed by atoms with Gasteiger partial charge in [-0.15, -0.1) is 0 Å². The van der Waals surface area contributed by atoms with Crippen LogP contribution in [0.4, 0.5) is 0 Å². The van der Waals surface area contributed by atoms with E-state index in [1.807, 2.05) is 57.2 Å². The van der Waals surface area contributed by atoms with Crippen molar-refractivity contribution < 1.29 is 14.3 Å². The van der Waals surface area contributed by atoms with Crippen molar-refractivity contribution in [1.29, 1.82) is 0 Å². The Morgan fingerprint density at radius 2 is 1.70 bits per heavy atom. The number of carbonyl (C=O) groups is 2. The Morgan fingerprint density at radius 1 is 1.04 bits per heavy atom. The van der Waals surface area contributed by atoms with Gasteiger partial charge in [0.15, 0.2) is 6.61 Å². The van der Waals surface area contributed by atoms with E-state index < -0.39 is 5.97 Å². The SMILES string of the molecule is Cc1ccc(C(C)NC(=O)COC(=O)c2ccccc2C)cc1. The average molecular weight is 311 g/mol. The van der Waals surface area contributed by atoms with Gasteiger partial charge in [0, 0.05) is 0 Å². The first-order valence-electron chi connectivity index (χ1n) is 7.56. The highest BCUT2D eigenvalue weighted by Gasteiger charge is 2.14. The zero-order chi connectivity index (χ0) is 16.8. The van der Waals surface area contributed by atoms with Gasteiger partial charge in [-0.05, 0) is 38.0 Å². The Morgan fingerprint density at radius 3 is 2.35 bits per heavy atom. The molecular formula is C19H21NO3. The number of hydrogen-bond acceptors (Lipinski definition) is 3. The first kappa shape index (κ1) is 16.7. The molecule has 1 amide bonds. The third kappa shape index (κ3) is 4.68. The van der Waals surface area contributed by atoms with E-state index >= 15 is 0 Å². The first-order chi connectivity index (χ1) is 11.0. The van der Waals surface area contributed by atoms with Gasteiger partial charge in [0.1, 0.15) is 0 Å². The summed E-state index contributed by atoms with van der Waals surface area (Å²) in [5, 5.41) is 2.82. The normalized spacial score (nSPS) is 11.6. The lowest BCUT2D eigenvalue weighted by Gasteiger charge is -2.15. The maximum atomic E-state index is 12.0. The van der Waals surface area contributed by atoms with Crippen molar-refractivity contribution in [2.45, 2.75) is 26.8 Å². The van der Waals surface area contributed by atoms with Crippen molar-refractivity contribution >= 4 is 11.9 Å². The highest BCUT2D eigenvalue weighted by atomic mass is 16.5. The Labute approximate surface area is 136 Å². The molecule has 2 rings (SSSR count). The Kier molecular flexibility index (Phi) is 5.52. The van der Waals surface area contributed by atoms with E-state index in [4.69, 9.17) is 4.74 Å². The number of amides is 1. The minimum atomic E-state index is -0.485. The van der Waals surface area contributed by atoms with Gasteiger partial charge >= 0.3 is 5.97 Å². The molecule has 1 N–H and O–H groups in total. The molecule has 120 valence electrons. The molecule has 0 spiro atoms. The Balaban J connectivity index is 1.86. The lowest BCUT2D eigenvalue weighted by Crippen LogP contribution is -2.31. The number of rotatable bonds is 5. The highest BCUT2D eigenvalue weighted by Crippen LogP contribution is 2.13.